The molecule has 376 valence electrons. The van der Waals surface area contributed by atoms with Crippen LogP contribution in [-0.4, -0.2) is 152 Å². The molecule has 0 radical (unpaired) electrons. The lowest BCUT2D eigenvalue weighted by Gasteiger charge is -2.06. The van der Waals surface area contributed by atoms with E-state index in [1.165, 1.54) is 205 Å². The van der Waals surface area contributed by atoms with Crippen molar-refractivity contribution in [3.8, 4) is 0 Å². The van der Waals surface area contributed by atoms with Gasteiger partial charge in [-0.3, -0.25) is 0 Å². The third-order valence-corrected chi connectivity index (χ3v) is 9.97. The van der Waals surface area contributed by atoms with E-state index in [1.807, 2.05) is 0 Å². The molecular weight excluding hydrogens is 785 g/mol. The molecule has 61 heavy (non-hydrogen) atoms. The molecule has 0 aromatic rings. The second-order valence-corrected chi connectivity index (χ2v) is 16.3. The number of rotatable bonds is 42. The lowest BCUT2D eigenvalue weighted by Crippen LogP contribution is -2.15. The molecule has 0 unspecified atom stereocenters. The summed E-state index contributed by atoms with van der Waals surface area (Å²) < 4.78 is 5.87. The summed E-state index contributed by atoms with van der Waals surface area (Å²) in [7, 11) is 0. The lowest BCUT2D eigenvalue weighted by atomic mass is 10.0. The van der Waals surface area contributed by atoms with Crippen molar-refractivity contribution in [2.75, 3.05) is 66.1 Å². The number of aliphatic hydroxyl groups excluding tert-OH is 12. The van der Waals surface area contributed by atoms with Crippen LogP contribution in [-0.2, 0) is 4.74 Å². The second kappa shape index (κ2) is 68.5. The molecule has 0 fully saturated rings. The van der Waals surface area contributed by atoms with Crippen molar-refractivity contribution in [3.05, 3.63) is 0 Å². The van der Waals surface area contributed by atoms with Crippen LogP contribution in [0.4, 0.5) is 0 Å². The summed E-state index contributed by atoms with van der Waals surface area (Å²) in [5.74, 6) is 0. The van der Waals surface area contributed by atoms with E-state index in [0.29, 0.717) is 0 Å². The monoisotopic (exact) mass is 891 g/mol. The zero-order chi connectivity index (χ0) is 46.7. The van der Waals surface area contributed by atoms with Crippen LogP contribution >= 0.6 is 0 Å². The van der Waals surface area contributed by atoms with E-state index in [2.05, 4.69) is 13.8 Å². The van der Waals surface area contributed by atoms with Gasteiger partial charge < -0.3 is 66.0 Å². The minimum Gasteiger partial charge on any atom is -0.394 e. The number of ether oxygens (including phenoxy) is 1. The van der Waals surface area contributed by atoms with Crippen molar-refractivity contribution >= 4 is 0 Å². The number of aliphatic hydroxyl groups is 12. The Labute approximate surface area is 375 Å². The highest BCUT2D eigenvalue weighted by Gasteiger charge is 1.99. The van der Waals surface area contributed by atoms with E-state index < -0.39 is 24.4 Å². The summed E-state index contributed by atoms with van der Waals surface area (Å²) in [4.78, 5) is 0. The molecule has 13 nitrogen and oxygen atoms in total. The molecule has 0 rings (SSSR count). The molecule has 13 heteroatoms. The molecule has 0 aromatic heterocycles. The van der Waals surface area contributed by atoms with Gasteiger partial charge in [0.05, 0.1) is 52.9 Å². The van der Waals surface area contributed by atoms with E-state index in [0.717, 1.165) is 13.2 Å². The van der Waals surface area contributed by atoms with Crippen LogP contribution in [0.3, 0.4) is 0 Å². The predicted molar refractivity (Wildman–Crippen MR) is 251 cm³/mol. The maximum absolute atomic E-state index is 8.17. The topological polar surface area (TPSA) is 252 Å². The average Bonchev–Trinajstić information content (AvgIpc) is 3.30. The Morgan fingerprint density at radius 3 is 0.475 bits per heavy atom. The molecule has 0 spiro atoms. The van der Waals surface area contributed by atoms with E-state index in [9.17, 15) is 0 Å². The molecule has 0 saturated heterocycles. The van der Waals surface area contributed by atoms with Crippen molar-refractivity contribution in [2.45, 2.75) is 244 Å². The summed E-state index contributed by atoms with van der Waals surface area (Å²) in [6.45, 7) is 3.68. The summed E-state index contributed by atoms with van der Waals surface area (Å²) in [5.41, 5.74) is 0. The third-order valence-electron chi connectivity index (χ3n) is 9.97. The van der Waals surface area contributed by atoms with Gasteiger partial charge in [-0.2, -0.15) is 0 Å². The van der Waals surface area contributed by atoms with Gasteiger partial charge in [-0.05, 0) is 12.8 Å². The fourth-order valence-electron chi connectivity index (χ4n) is 5.84. The largest absolute Gasteiger partial charge is 0.394 e. The Bertz CT molecular complexity index is 592. The second-order valence-electron chi connectivity index (χ2n) is 16.3. The fraction of sp³-hybridized carbons (Fsp3) is 1.00. The van der Waals surface area contributed by atoms with Crippen molar-refractivity contribution in [1.82, 2.24) is 0 Å². The van der Waals surface area contributed by atoms with Gasteiger partial charge in [-0.25, -0.2) is 0 Å². The van der Waals surface area contributed by atoms with E-state index in [4.69, 9.17) is 66.0 Å². The first-order chi connectivity index (χ1) is 29.6. The third kappa shape index (κ3) is 80.3. The molecule has 0 atom stereocenters. The van der Waals surface area contributed by atoms with Gasteiger partial charge in [-0.15, -0.1) is 0 Å². The fourth-order valence-corrected chi connectivity index (χ4v) is 5.84. The number of hydrogen-bond acceptors (Lipinski definition) is 13. The standard InChI is InChI=1S/C36H74O.4C3H8O3/c1-3-5-7-9-11-13-15-17-19-21-23-25-27-29-31-33-35-37-36-34-32-30-28-26-24-22-20-18-16-14-12-10-8-6-4-2;4*4-1-3(6)2-5/h3-36H2,1-2H3;4*3-6H,1-2H2. The van der Waals surface area contributed by atoms with Gasteiger partial charge in [0.2, 0.25) is 0 Å². The van der Waals surface area contributed by atoms with Crippen LogP contribution in [0.15, 0.2) is 0 Å². The SMILES string of the molecule is CCCCCCCCCCCCCCCCCCOCCCCCCCCCCCCCCCCCC.OCC(O)CO.OCC(O)CO.OCC(O)CO.OCC(O)CO. The highest BCUT2D eigenvalue weighted by Crippen LogP contribution is 2.15. The van der Waals surface area contributed by atoms with E-state index in [1.54, 1.807) is 0 Å². The molecule has 0 aliphatic heterocycles. The molecule has 0 aliphatic carbocycles. The molecule has 0 heterocycles. The summed E-state index contributed by atoms with van der Waals surface area (Å²) in [5, 5.41) is 96.1. The van der Waals surface area contributed by atoms with Gasteiger partial charge in [0, 0.05) is 13.2 Å². The minimum atomic E-state index is -0.954. The van der Waals surface area contributed by atoms with Crippen molar-refractivity contribution in [1.29, 1.82) is 0 Å². The molecular formula is C48H106O13. The van der Waals surface area contributed by atoms with Crippen LogP contribution < -0.4 is 0 Å². The van der Waals surface area contributed by atoms with Gasteiger partial charge in [0.15, 0.2) is 0 Å². The smallest absolute Gasteiger partial charge is 0.100 e. The number of unbranched alkanes of at least 4 members (excludes halogenated alkanes) is 30. The first-order valence-electron chi connectivity index (χ1n) is 24.8. The van der Waals surface area contributed by atoms with Gasteiger partial charge in [-0.1, -0.05) is 206 Å². The van der Waals surface area contributed by atoms with E-state index in [-0.39, 0.29) is 52.9 Å². The van der Waals surface area contributed by atoms with Gasteiger partial charge in [0.25, 0.3) is 0 Å². The van der Waals surface area contributed by atoms with Crippen LogP contribution in [0, 0.1) is 0 Å². The van der Waals surface area contributed by atoms with Crippen molar-refractivity contribution in [2.24, 2.45) is 0 Å². The molecule has 0 aromatic carbocycles. The van der Waals surface area contributed by atoms with Crippen molar-refractivity contribution in [3.63, 3.8) is 0 Å². The lowest BCUT2D eigenvalue weighted by molar-refractivity contribution is 0.0450. The highest BCUT2D eigenvalue weighted by molar-refractivity contribution is 4.52. The molecule has 12 N–H and O–H groups in total. The normalized spacial score (nSPS) is 10.9. The highest BCUT2D eigenvalue weighted by atomic mass is 16.5. The zero-order valence-electron chi connectivity index (χ0n) is 39.8. The van der Waals surface area contributed by atoms with Gasteiger partial charge >= 0.3 is 0 Å². The molecule has 0 bridgehead atoms. The maximum Gasteiger partial charge on any atom is 0.100 e. The molecule has 0 aliphatic rings. The van der Waals surface area contributed by atoms with Crippen LogP contribution in [0.2, 0.25) is 0 Å². The maximum atomic E-state index is 8.17. The zero-order valence-corrected chi connectivity index (χ0v) is 39.8. The Morgan fingerprint density at radius 2 is 0.361 bits per heavy atom. The molecule has 0 saturated carbocycles. The summed E-state index contributed by atoms with van der Waals surface area (Å²) >= 11 is 0. The van der Waals surface area contributed by atoms with Crippen LogP contribution in [0.5, 0.6) is 0 Å². The predicted octanol–water partition coefficient (Wildman–Crippen LogP) is 6.85. The van der Waals surface area contributed by atoms with Gasteiger partial charge in [0.1, 0.15) is 24.4 Å². The van der Waals surface area contributed by atoms with E-state index >= 15 is 0 Å². The summed E-state index contributed by atoms with van der Waals surface area (Å²) in [6, 6.07) is 0. The first kappa shape index (κ1) is 69.5. The Hall–Kier alpha value is -0.520. The first-order valence-corrected chi connectivity index (χ1v) is 24.8. The minimum absolute atomic E-state index is 0.365. The van der Waals surface area contributed by atoms with Crippen LogP contribution in [0.1, 0.15) is 219 Å². The number of hydrogen-bond donors (Lipinski definition) is 12. The van der Waals surface area contributed by atoms with Crippen molar-refractivity contribution < 1.29 is 66.0 Å². The Morgan fingerprint density at radius 1 is 0.230 bits per heavy atom. The Kier molecular flexibility index (Phi) is 78.1. The quantitative estimate of drug-likeness (QED) is 0.0281. The summed E-state index contributed by atoms with van der Waals surface area (Å²) in [6.07, 6.45) is 42.2. The van der Waals surface area contributed by atoms with Crippen LogP contribution in [0.25, 0.3) is 0 Å². The Balaban J connectivity index is -0.000000348. The molecule has 0 amide bonds. The average molecular weight is 891 g/mol.